The largest absolute Gasteiger partial charge is 0.368 e. The lowest BCUT2D eigenvalue weighted by Gasteiger charge is -2.31. The van der Waals surface area contributed by atoms with Crippen LogP contribution in [0.5, 0.6) is 0 Å². The number of hydrogen-bond donors (Lipinski definition) is 2. The number of nitrogens with zero attached hydrogens (tertiary/aromatic N) is 1. The van der Waals surface area contributed by atoms with E-state index in [0.29, 0.717) is 11.7 Å². The monoisotopic (exact) mass is 357 g/mol. The highest BCUT2D eigenvalue weighted by atomic mass is 79.9. The normalized spacial score (nSPS) is 17.7. The van der Waals surface area contributed by atoms with Crippen LogP contribution in [0.25, 0.3) is 0 Å². The predicted molar refractivity (Wildman–Crippen MR) is 85.6 cm³/mol. The Morgan fingerprint density at radius 2 is 2.35 bits per heavy atom. The zero-order chi connectivity index (χ0) is 14.6. The molecule has 1 aromatic rings. The van der Waals surface area contributed by atoms with Gasteiger partial charge in [-0.2, -0.15) is 0 Å². The second-order valence-corrected chi connectivity index (χ2v) is 7.05. The van der Waals surface area contributed by atoms with Gasteiger partial charge in [0.1, 0.15) is 5.54 Å². The predicted octanol–water partition coefficient (Wildman–Crippen LogP) is 2.57. The third kappa shape index (κ3) is 3.74. The second-order valence-electron chi connectivity index (χ2n) is 5.14. The number of primary amides is 1. The van der Waals surface area contributed by atoms with E-state index in [-0.39, 0.29) is 5.91 Å². The number of nitrogens with one attached hydrogen (secondary N) is 1. The maximum absolute atomic E-state index is 12.0. The minimum Gasteiger partial charge on any atom is -0.368 e. The lowest BCUT2D eigenvalue weighted by atomic mass is 9.94. The molecule has 2 rings (SSSR count). The number of rotatable bonds is 8. The molecule has 110 valence electrons. The van der Waals surface area contributed by atoms with Gasteiger partial charge in [0, 0.05) is 16.4 Å². The standard InChI is InChI=1S/C14H20BrN3OS/c1-2-7-18-14(13(16)19,10-3-4-10)9-20-12-6-5-11(15)8-17-12/h5-6,8,10,18H,2-4,7,9H2,1H3,(H2,16,19). The summed E-state index contributed by atoms with van der Waals surface area (Å²) in [5.41, 5.74) is 5.11. The molecule has 1 atom stereocenters. The van der Waals surface area contributed by atoms with Gasteiger partial charge in [-0.15, -0.1) is 11.8 Å². The number of amides is 1. The van der Waals surface area contributed by atoms with Crippen LogP contribution in [0.15, 0.2) is 27.8 Å². The number of carbonyl (C=O) groups is 1. The van der Waals surface area contributed by atoms with E-state index in [4.69, 9.17) is 5.73 Å². The van der Waals surface area contributed by atoms with E-state index < -0.39 is 5.54 Å². The summed E-state index contributed by atoms with van der Waals surface area (Å²) in [6, 6.07) is 3.91. The number of aromatic nitrogens is 1. The van der Waals surface area contributed by atoms with Crippen LogP contribution in [0, 0.1) is 5.92 Å². The van der Waals surface area contributed by atoms with Crippen molar-refractivity contribution in [1.82, 2.24) is 10.3 Å². The van der Waals surface area contributed by atoms with Crippen molar-refractivity contribution in [2.24, 2.45) is 11.7 Å². The molecule has 1 aliphatic carbocycles. The van der Waals surface area contributed by atoms with Crippen molar-refractivity contribution in [3.8, 4) is 0 Å². The number of carbonyl (C=O) groups excluding carboxylic acids is 1. The molecule has 0 aliphatic heterocycles. The van der Waals surface area contributed by atoms with Crippen molar-refractivity contribution in [3.05, 3.63) is 22.8 Å². The van der Waals surface area contributed by atoms with E-state index >= 15 is 0 Å². The summed E-state index contributed by atoms with van der Waals surface area (Å²) in [6.45, 7) is 2.91. The Kier molecular flexibility index (Phi) is 5.46. The molecule has 0 saturated heterocycles. The van der Waals surface area contributed by atoms with Crippen LogP contribution in [0.4, 0.5) is 0 Å². The van der Waals surface area contributed by atoms with Crippen molar-refractivity contribution < 1.29 is 4.79 Å². The molecule has 1 unspecified atom stereocenters. The highest BCUT2D eigenvalue weighted by molar-refractivity contribution is 9.10. The summed E-state index contributed by atoms with van der Waals surface area (Å²) in [7, 11) is 0. The number of thioether (sulfide) groups is 1. The molecule has 1 saturated carbocycles. The molecule has 4 nitrogen and oxygen atoms in total. The molecular weight excluding hydrogens is 338 g/mol. The SMILES string of the molecule is CCCNC(CSc1ccc(Br)cn1)(C(N)=O)C1CC1. The molecular formula is C14H20BrN3OS. The van der Waals surface area contributed by atoms with E-state index in [2.05, 4.69) is 33.2 Å². The van der Waals surface area contributed by atoms with Gasteiger partial charge in [0.2, 0.25) is 5.91 Å². The van der Waals surface area contributed by atoms with Gasteiger partial charge in [-0.3, -0.25) is 4.79 Å². The fourth-order valence-corrected chi connectivity index (χ4v) is 3.61. The Balaban J connectivity index is 2.06. The van der Waals surface area contributed by atoms with Crippen molar-refractivity contribution in [2.45, 2.75) is 36.8 Å². The van der Waals surface area contributed by atoms with Gasteiger partial charge in [0.05, 0.1) is 5.03 Å². The molecule has 0 spiro atoms. The van der Waals surface area contributed by atoms with E-state index in [9.17, 15) is 4.79 Å². The molecule has 0 aromatic carbocycles. The number of pyridine rings is 1. The van der Waals surface area contributed by atoms with Crippen molar-refractivity contribution in [2.75, 3.05) is 12.3 Å². The van der Waals surface area contributed by atoms with E-state index in [1.54, 1.807) is 18.0 Å². The minimum atomic E-state index is -0.588. The molecule has 6 heteroatoms. The second kappa shape index (κ2) is 6.91. The fourth-order valence-electron chi connectivity index (χ4n) is 2.23. The Hall–Kier alpha value is -0.590. The number of nitrogens with two attached hydrogens (primary N) is 1. The van der Waals surface area contributed by atoms with Crippen molar-refractivity contribution in [3.63, 3.8) is 0 Å². The van der Waals surface area contributed by atoms with Crippen LogP contribution in [0.2, 0.25) is 0 Å². The van der Waals surface area contributed by atoms with Crippen molar-refractivity contribution >= 4 is 33.6 Å². The fraction of sp³-hybridized carbons (Fsp3) is 0.571. The average Bonchev–Trinajstić information content (AvgIpc) is 3.26. The lowest BCUT2D eigenvalue weighted by Crippen LogP contribution is -2.59. The van der Waals surface area contributed by atoms with Crippen LogP contribution in [0.3, 0.4) is 0 Å². The van der Waals surface area contributed by atoms with E-state index in [1.807, 2.05) is 12.1 Å². The molecule has 1 amide bonds. The number of halogens is 1. The Morgan fingerprint density at radius 3 is 2.85 bits per heavy atom. The molecule has 1 aromatic heterocycles. The molecule has 1 aliphatic rings. The summed E-state index contributed by atoms with van der Waals surface area (Å²) in [5, 5.41) is 4.31. The zero-order valence-corrected chi connectivity index (χ0v) is 14.0. The summed E-state index contributed by atoms with van der Waals surface area (Å²) >= 11 is 4.96. The van der Waals surface area contributed by atoms with Gasteiger partial charge >= 0.3 is 0 Å². The van der Waals surface area contributed by atoms with Crippen molar-refractivity contribution in [1.29, 1.82) is 0 Å². The third-order valence-electron chi connectivity index (χ3n) is 3.55. The van der Waals surface area contributed by atoms with Gasteiger partial charge in [0.15, 0.2) is 0 Å². The smallest absolute Gasteiger partial charge is 0.238 e. The summed E-state index contributed by atoms with van der Waals surface area (Å²) in [5.74, 6) is 0.773. The Labute approximate surface area is 132 Å². The topological polar surface area (TPSA) is 68.0 Å². The minimum absolute atomic E-state index is 0.238. The Bertz CT molecular complexity index is 464. The van der Waals surface area contributed by atoms with Crippen LogP contribution >= 0.6 is 27.7 Å². The van der Waals surface area contributed by atoms with Gasteiger partial charge in [-0.25, -0.2) is 4.98 Å². The maximum atomic E-state index is 12.0. The first-order valence-corrected chi connectivity index (χ1v) is 8.65. The molecule has 3 N–H and O–H groups in total. The highest BCUT2D eigenvalue weighted by Gasteiger charge is 2.49. The summed E-state index contributed by atoms with van der Waals surface area (Å²) < 4.78 is 0.953. The first-order valence-electron chi connectivity index (χ1n) is 6.88. The average molecular weight is 358 g/mol. The van der Waals surface area contributed by atoms with Crippen LogP contribution in [-0.4, -0.2) is 28.7 Å². The van der Waals surface area contributed by atoms with Crippen LogP contribution in [0.1, 0.15) is 26.2 Å². The molecule has 20 heavy (non-hydrogen) atoms. The van der Waals surface area contributed by atoms with Crippen LogP contribution < -0.4 is 11.1 Å². The lowest BCUT2D eigenvalue weighted by molar-refractivity contribution is -0.124. The van der Waals surface area contributed by atoms with Crippen LogP contribution in [-0.2, 0) is 4.79 Å². The summed E-state index contributed by atoms with van der Waals surface area (Å²) in [4.78, 5) is 16.3. The van der Waals surface area contributed by atoms with E-state index in [0.717, 1.165) is 35.3 Å². The number of hydrogen-bond acceptors (Lipinski definition) is 4. The van der Waals surface area contributed by atoms with Gasteiger partial charge in [-0.05, 0) is 59.8 Å². The quantitative estimate of drug-likeness (QED) is 0.701. The maximum Gasteiger partial charge on any atom is 0.238 e. The Morgan fingerprint density at radius 1 is 1.60 bits per heavy atom. The summed E-state index contributed by atoms with van der Waals surface area (Å²) in [6.07, 6.45) is 4.91. The molecule has 0 bridgehead atoms. The van der Waals surface area contributed by atoms with Gasteiger partial charge in [0.25, 0.3) is 0 Å². The van der Waals surface area contributed by atoms with Gasteiger partial charge < -0.3 is 11.1 Å². The third-order valence-corrected chi connectivity index (χ3v) is 5.16. The van der Waals surface area contributed by atoms with Gasteiger partial charge in [-0.1, -0.05) is 6.92 Å². The first-order chi connectivity index (χ1) is 9.58. The molecule has 1 heterocycles. The highest BCUT2D eigenvalue weighted by Crippen LogP contribution is 2.42. The van der Waals surface area contributed by atoms with E-state index in [1.165, 1.54) is 0 Å². The molecule has 1 fully saturated rings. The zero-order valence-electron chi connectivity index (χ0n) is 11.6. The first kappa shape index (κ1) is 15.8. The molecule has 0 radical (unpaired) electrons.